The molecule has 1 unspecified atom stereocenters. The lowest BCUT2D eigenvalue weighted by atomic mass is 10.0. The number of aromatic hydroxyl groups is 1. The highest BCUT2D eigenvalue weighted by Gasteiger charge is 2.31. The highest BCUT2D eigenvalue weighted by molar-refractivity contribution is 7.98. The van der Waals surface area contributed by atoms with Crippen LogP contribution in [0.1, 0.15) is 28.5 Å². The van der Waals surface area contributed by atoms with Crippen molar-refractivity contribution in [2.75, 3.05) is 6.26 Å². The number of benzene rings is 1. The Morgan fingerprint density at radius 2 is 2.05 bits per heavy atom. The second-order valence-corrected chi connectivity index (χ2v) is 5.93. The number of thioether (sulfide) groups is 1. The predicted molar refractivity (Wildman–Crippen MR) is 80.5 cm³/mol. The molecular weight excluding hydrogens is 294 g/mol. The highest BCUT2D eigenvalue weighted by Crippen LogP contribution is 2.43. The summed E-state index contributed by atoms with van der Waals surface area (Å²) in [4.78, 5) is 5.38. The molecule has 5 heteroatoms. The first-order valence-corrected chi connectivity index (χ1v) is 7.85. The van der Waals surface area contributed by atoms with Crippen LogP contribution >= 0.6 is 23.4 Å². The zero-order valence-corrected chi connectivity index (χ0v) is 12.8. The van der Waals surface area contributed by atoms with Crippen LogP contribution in [0, 0.1) is 6.92 Å². The minimum absolute atomic E-state index is 0.188. The first kappa shape index (κ1) is 13.7. The van der Waals surface area contributed by atoms with Crippen molar-refractivity contribution < 1.29 is 9.84 Å². The number of halogens is 1. The summed E-state index contributed by atoms with van der Waals surface area (Å²) in [5, 5.41) is 10.5. The molecule has 3 rings (SSSR count). The molecule has 1 aromatic heterocycles. The van der Waals surface area contributed by atoms with Crippen LogP contribution in [0.25, 0.3) is 0 Å². The third-order valence-corrected chi connectivity index (χ3v) is 4.55. The Labute approximate surface area is 126 Å². The quantitative estimate of drug-likeness (QED) is 0.670. The average molecular weight is 308 g/mol. The molecule has 0 amide bonds. The van der Waals surface area contributed by atoms with Gasteiger partial charge in [-0.3, -0.25) is 0 Å². The van der Waals surface area contributed by atoms with E-state index >= 15 is 0 Å². The Hall–Kier alpha value is -1.23. The van der Waals surface area contributed by atoms with Gasteiger partial charge in [-0.2, -0.15) is 0 Å². The second-order valence-electron chi connectivity index (χ2n) is 4.69. The number of aryl methyl sites for hydroxylation is 1. The van der Waals surface area contributed by atoms with Crippen molar-refractivity contribution in [3.63, 3.8) is 0 Å². The normalized spacial score (nSPS) is 17.2. The van der Waals surface area contributed by atoms with E-state index < -0.39 is 0 Å². The van der Waals surface area contributed by atoms with Gasteiger partial charge in [0.05, 0.1) is 12.3 Å². The van der Waals surface area contributed by atoms with Gasteiger partial charge in [-0.15, -0.1) is 11.8 Å². The number of hydrogen-bond acceptors (Lipinski definition) is 4. The number of pyridine rings is 1. The molecule has 0 saturated heterocycles. The maximum atomic E-state index is 10.1. The zero-order valence-electron chi connectivity index (χ0n) is 11.2. The SMILES string of the molecule is CSc1ccc(C2OCc3c(O)c(C)nc(Cl)c32)cc1. The van der Waals surface area contributed by atoms with Crippen LogP contribution in [-0.2, 0) is 11.3 Å². The van der Waals surface area contributed by atoms with Crippen molar-refractivity contribution in [3.8, 4) is 5.75 Å². The van der Waals surface area contributed by atoms with Crippen LogP contribution in [0.5, 0.6) is 5.75 Å². The topological polar surface area (TPSA) is 42.4 Å². The first-order chi connectivity index (χ1) is 9.61. The summed E-state index contributed by atoms with van der Waals surface area (Å²) in [5.41, 5.74) is 3.09. The lowest BCUT2D eigenvalue weighted by Crippen LogP contribution is -2.01. The van der Waals surface area contributed by atoms with Crippen molar-refractivity contribution in [1.29, 1.82) is 0 Å². The molecule has 2 heterocycles. The molecule has 0 radical (unpaired) electrons. The Balaban J connectivity index is 2.06. The van der Waals surface area contributed by atoms with E-state index in [2.05, 4.69) is 17.1 Å². The van der Waals surface area contributed by atoms with Crippen LogP contribution < -0.4 is 0 Å². The van der Waals surface area contributed by atoms with Crippen molar-refractivity contribution >= 4 is 23.4 Å². The lowest BCUT2D eigenvalue weighted by molar-refractivity contribution is 0.0932. The van der Waals surface area contributed by atoms with Crippen LogP contribution in [0.15, 0.2) is 29.2 Å². The van der Waals surface area contributed by atoms with E-state index in [0.717, 1.165) is 16.7 Å². The van der Waals surface area contributed by atoms with Gasteiger partial charge in [-0.1, -0.05) is 23.7 Å². The molecule has 1 aromatic carbocycles. The van der Waals surface area contributed by atoms with E-state index in [1.54, 1.807) is 18.7 Å². The van der Waals surface area contributed by atoms with E-state index in [1.807, 2.05) is 18.4 Å². The molecule has 1 atom stereocenters. The van der Waals surface area contributed by atoms with Crippen molar-refractivity contribution in [2.24, 2.45) is 0 Å². The maximum absolute atomic E-state index is 10.1. The first-order valence-electron chi connectivity index (χ1n) is 6.25. The third kappa shape index (κ3) is 2.18. The van der Waals surface area contributed by atoms with Crippen molar-refractivity contribution in [2.45, 2.75) is 24.5 Å². The molecule has 1 aliphatic rings. The number of hydrogen-bond donors (Lipinski definition) is 1. The Morgan fingerprint density at radius 1 is 1.35 bits per heavy atom. The Bertz CT molecular complexity index is 658. The predicted octanol–water partition coefficient (Wildman–Crippen LogP) is 4.09. The van der Waals surface area contributed by atoms with Crippen LogP contribution in [-0.4, -0.2) is 16.3 Å². The van der Waals surface area contributed by atoms with Gasteiger partial charge in [-0.25, -0.2) is 4.98 Å². The number of ether oxygens (including phenoxy) is 1. The molecule has 0 spiro atoms. The van der Waals surface area contributed by atoms with E-state index in [4.69, 9.17) is 16.3 Å². The number of fused-ring (bicyclic) bond motifs is 1. The van der Waals surface area contributed by atoms with Gasteiger partial charge >= 0.3 is 0 Å². The summed E-state index contributed by atoms with van der Waals surface area (Å²) in [6.45, 7) is 2.10. The molecule has 1 N–H and O–H groups in total. The zero-order chi connectivity index (χ0) is 14.3. The Kier molecular flexibility index (Phi) is 3.63. The van der Waals surface area contributed by atoms with Gasteiger partial charge in [0.1, 0.15) is 17.0 Å². The van der Waals surface area contributed by atoms with Gasteiger partial charge in [0.25, 0.3) is 0 Å². The Morgan fingerprint density at radius 3 is 2.70 bits per heavy atom. The fourth-order valence-electron chi connectivity index (χ4n) is 2.43. The van der Waals surface area contributed by atoms with Gasteiger partial charge in [-0.05, 0) is 30.9 Å². The molecule has 2 aromatic rings. The summed E-state index contributed by atoms with van der Waals surface area (Å²) in [5.74, 6) is 0.188. The molecule has 0 bridgehead atoms. The van der Waals surface area contributed by atoms with Crippen molar-refractivity contribution in [1.82, 2.24) is 4.98 Å². The molecule has 3 nitrogen and oxygen atoms in total. The molecule has 0 fully saturated rings. The van der Waals surface area contributed by atoms with Gasteiger partial charge < -0.3 is 9.84 Å². The van der Waals surface area contributed by atoms with Gasteiger partial charge in [0.2, 0.25) is 0 Å². The monoisotopic (exact) mass is 307 g/mol. The van der Waals surface area contributed by atoms with Crippen LogP contribution in [0.3, 0.4) is 0 Å². The fraction of sp³-hybridized carbons (Fsp3) is 0.267. The molecule has 1 aliphatic heterocycles. The van der Waals surface area contributed by atoms with E-state index in [-0.39, 0.29) is 11.9 Å². The number of aromatic nitrogens is 1. The third-order valence-electron chi connectivity index (χ3n) is 3.52. The minimum Gasteiger partial charge on any atom is -0.506 e. The van der Waals surface area contributed by atoms with E-state index in [9.17, 15) is 5.11 Å². The summed E-state index contributed by atoms with van der Waals surface area (Å²) in [7, 11) is 0. The lowest BCUT2D eigenvalue weighted by Gasteiger charge is -2.13. The summed E-state index contributed by atoms with van der Waals surface area (Å²) in [6, 6.07) is 8.16. The molecule has 104 valence electrons. The van der Waals surface area contributed by atoms with Crippen molar-refractivity contribution in [3.05, 3.63) is 51.8 Å². The fourth-order valence-corrected chi connectivity index (χ4v) is 3.18. The van der Waals surface area contributed by atoms with Crippen LogP contribution in [0.4, 0.5) is 0 Å². The average Bonchev–Trinajstić information content (AvgIpc) is 2.90. The van der Waals surface area contributed by atoms with Crippen LogP contribution in [0.2, 0.25) is 5.15 Å². The summed E-state index contributed by atoms with van der Waals surface area (Å²) >= 11 is 7.94. The largest absolute Gasteiger partial charge is 0.506 e. The smallest absolute Gasteiger partial charge is 0.142 e. The standard InChI is InChI=1S/C15H14ClNO2S/c1-8-13(18)11-7-19-14(12(11)15(16)17-8)9-3-5-10(20-2)6-4-9/h3-6,14,18H,7H2,1-2H3. The summed E-state index contributed by atoms with van der Waals surface area (Å²) in [6.07, 6.45) is 1.78. The summed E-state index contributed by atoms with van der Waals surface area (Å²) < 4.78 is 5.81. The van der Waals surface area contributed by atoms with Gasteiger partial charge in [0, 0.05) is 16.0 Å². The molecule has 0 saturated carbocycles. The second kappa shape index (κ2) is 5.28. The molecular formula is C15H14ClNO2S. The maximum Gasteiger partial charge on any atom is 0.142 e. The number of rotatable bonds is 2. The highest BCUT2D eigenvalue weighted by atomic mass is 35.5. The molecule has 0 aliphatic carbocycles. The minimum atomic E-state index is -0.257. The number of nitrogens with zero attached hydrogens (tertiary/aromatic N) is 1. The molecule has 20 heavy (non-hydrogen) atoms. The van der Waals surface area contributed by atoms with E-state index in [1.165, 1.54) is 4.90 Å². The van der Waals surface area contributed by atoms with E-state index in [0.29, 0.717) is 17.5 Å². The van der Waals surface area contributed by atoms with Gasteiger partial charge in [0.15, 0.2) is 0 Å².